The summed E-state index contributed by atoms with van der Waals surface area (Å²) in [5.41, 5.74) is 5.35. The van der Waals surface area contributed by atoms with Crippen molar-refractivity contribution in [1.82, 2.24) is 10.9 Å². The second-order valence-electron chi connectivity index (χ2n) is 6.14. The van der Waals surface area contributed by atoms with Gasteiger partial charge in [0.05, 0.1) is 11.8 Å². The van der Waals surface area contributed by atoms with Crippen LogP contribution in [-0.4, -0.2) is 29.0 Å². The fourth-order valence-corrected chi connectivity index (χ4v) is 2.91. The van der Waals surface area contributed by atoms with Crippen LogP contribution in [0.5, 0.6) is 5.75 Å². The first-order chi connectivity index (χ1) is 12.3. The number of hydrogen-bond donors (Lipinski definition) is 3. The first kappa shape index (κ1) is 19.8. The molecule has 0 aromatic heterocycles. The van der Waals surface area contributed by atoms with E-state index in [1.807, 2.05) is 0 Å². The van der Waals surface area contributed by atoms with Gasteiger partial charge in [-0.15, -0.1) is 0 Å². The highest BCUT2D eigenvalue weighted by atomic mass is 35.5. The van der Waals surface area contributed by atoms with E-state index in [-0.39, 0.29) is 6.42 Å². The number of amides is 2. The van der Waals surface area contributed by atoms with Crippen molar-refractivity contribution in [2.75, 3.05) is 0 Å². The van der Waals surface area contributed by atoms with Crippen LogP contribution in [0.3, 0.4) is 0 Å². The summed E-state index contributed by atoms with van der Waals surface area (Å²) in [5, 5.41) is 9.77. The van der Waals surface area contributed by atoms with E-state index in [1.165, 1.54) is 0 Å². The van der Waals surface area contributed by atoms with Crippen LogP contribution in [0.4, 0.5) is 0 Å². The summed E-state index contributed by atoms with van der Waals surface area (Å²) >= 11 is 5.88. The molecule has 0 bridgehead atoms. The zero-order valence-electron chi connectivity index (χ0n) is 14.5. The Morgan fingerprint density at radius 1 is 1.19 bits per heavy atom. The lowest BCUT2D eigenvalue weighted by Gasteiger charge is -2.24. The van der Waals surface area contributed by atoms with E-state index in [0.29, 0.717) is 17.2 Å². The van der Waals surface area contributed by atoms with Crippen LogP contribution < -0.4 is 15.6 Å². The molecule has 2 amide bonds. The van der Waals surface area contributed by atoms with Crippen molar-refractivity contribution in [1.29, 1.82) is 0 Å². The third kappa shape index (κ3) is 4.98. The van der Waals surface area contributed by atoms with Gasteiger partial charge in [-0.25, -0.2) is 0 Å². The summed E-state index contributed by atoms with van der Waals surface area (Å²) in [6.07, 6.45) is 3.24. The van der Waals surface area contributed by atoms with Gasteiger partial charge >= 0.3 is 5.97 Å². The van der Waals surface area contributed by atoms with Crippen LogP contribution in [0.15, 0.2) is 30.4 Å². The molecule has 0 saturated heterocycles. The van der Waals surface area contributed by atoms with Gasteiger partial charge in [0.1, 0.15) is 5.75 Å². The Morgan fingerprint density at radius 3 is 2.46 bits per heavy atom. The monoisotopic (exact) mass is 380 g/mol. The Hall–Kier alpha value is -2.54. The van der Waals surface area contributed by atoms with Gasteiger partial charge in [-0.1, -0.05) is 23.8 Å². The highest BCUT2D eigenvalue weighted by Gasteiger charge is 2.34. The Bertz CT molecular complexity index is 734. The van der Waals surface area contributed by atoms with Gasteiger partial charge in [0.25, 0.3) is 5.91 Å². The molecule has 3 N–H and O–H groups in total. The smallest absolute Gasteiger partial charge is 0.307 e. The molecule has 1 aliphatic rings. The minimum Gasteiger partial charge on any atom is -0.481 e. The maximum Gasteiger partial charge on any atom is 0.307 e. The van der Waals surface area contributed by atoms with Crippen LogP contribution in [0.2, 0.25) is 5.02 Å². The molecule has 26 heavy (non-hydrogen) atoms. The molecule has 1 aromatic carbocycles. The largest absolute Gasteiger partial charge is 0.481 e. The normalized spacial score (nSPS) is 20.1. The molecule has 1 aliphatic carbocycles. The molecular weight excluding hydrogens is 360 g/mol. The van der Waals surface area contributed by atoms with Gasteiger partial charge in [0, 0.05) is 5.02 Å². The summed E-state index contributed by atoms with van der Waals surface area (Å²) in [5.74, 6) is -3.15. The Labute approximate surface area is 156 Å². The van der Waals surface area contributed by atoms with Crippen molar-refractivity contribution in [3.63, 3.8) is 0 Å². The zero-order chi connectivity index (χ0) is 19.3. The minimum absolute atomic E-state index is 0.288. The molecule has 0 fully saturated rings. The van der Waals surface area contributed by atoms with Crippen molar-refractivity contribution in [3.8, 4) is 5.75 Å². The number of carbonyl (C=O) groups excluding carboxylic acids is 2. The maximum absolute atomic E-state index is 12.2. The number of ether oxygens (including phenoxy) is 1. The number of halogens is 1. The zero-order valence-corrected chi connectivity index (χ0v) is 15.2. The van der Waals surface area contributed by atoms with Crippen LogP contribution in [-0.2, 0) is 14.4 Å². The standard InChI is InChI=1S/C18H21ClN2O5/c1-10-9-12(19)7-8-15(10)26-11(2)16(22)20-21-17(23)13-5-3-4-6-14(13)18(24)25/h3-4,7-9,11,13-14H,5-6H2,1-2H3,(H,20,22)(H,21,23)(H,24,25)/t11-,13+,14-/m0/s1. The van der Waals surface area contributed by atoms with E-state index in [9.17, 15) is 19.5 Å². The lowest BCUT2D eigenvalue weighted by molar-refractivity contribution is -0.147. The Morgan fingerprint density at radius 2 is 1.85 bits per heavy atom. The number of carboxylic acids is 1. The minimum atomic E-state index is -1.03. The average Bonchev–Trinajstić information content (AvgIpc) is 2.61. The van der Waals surface area contributed by atoms with E-state index in [1.54, 1.807) is 44.2 Å². The van der Waals surface area contributed by atoms with Crippen molar-refractivity contribution in [2.24, 2.45) is 11.8 Å². The van der Waals surface area contributed by atoms with E-state index in [4.69, 9.17) is 16.3 Å². The molecule has 2 rings (SSSR count). The molecule has 0 aliphatic heterocycles. The third-order valence-electron chi connectivity index (χ3n) is 4.21. The fraction of sp³-hybridized carbons (Fsp3) is 0.389. The lowest BCUT2D eigenvalue weighted by Crippen LogP contribution is -2.50. The maximum atomic E-state index is 12.2. The number of rotatable bonds is 5. The van der Waals surface area contributed by atoms with Crippen LogP contribution in [0, 0.1) is 18.8 Å². The number of hydrogen-bond acceptors (Lipinski definition) is 4. The van der Waals surface area contributed by atoms with Crippen molar-refractivity contribution in [3.05, 3.63) is 40.9 Å². The number of carboxylic acid groups (broad SMARTS) is 1. The van der Waals surface area contributed by atoms with E-state index in [0.717, 1.165) is 5.56 Å². The number of nitrogens with one attached hydrogen (secondary N) is 2. The summed E-state index contributed by atoms with van der Waals surface area (Å²) in [6.45, 7) is 3.34. The summed E-state index contributed by atoms with van der Waals surface area (Å²) in [6, 6.07) is 5.02. The number of aryl methyl sites for hydroxylation is 1. The second-order valence-corrected chi connectivity index (χ2v) is 6.58. The summed E-state index contributed by atoms with van der Waals surface area (Å²) in [4.78, 5) is 35.6. The Kier molecular flexibility index (Phi) is 6.63. The van der Waals surface area contributed by atoms with Gasteiger partial charge in [-0.05, 0) is 50.5 Å². The van der Waals surface area contributed by atoms with Crippen molar-refractivity contribution < 1.29 is 24.2 Å². The van der Waals surface area contributed by atoms with Gasteiger partial charge < -0.3 is 9.84 Å². The van der Waals surface area contributed by atoms with E-state index in [2.05, 4.69) is 10.9 Å². The highest BCUT2D eigenvalue weighted by molar-refractivity contribution is 6.30. The number of allylic oxidation sites excluding steroid dienone is 2. The third-order valence-corrected chi connectivity index (χ3v) is 4.44. The molecule has 3 atom stereocenters. The van der Waals surface area contributed by atoms with E-state index >= 15 is 0 Å². The lowest BCUT2D eigenvalue weighted by atomic mass is 9.82. The molecule has 1 aromatic rings. The molecule has 8 heteroatoms. The van der Waals surface area contributed by atoms with E-state index < -0.39 is 35.7 Å². The average molecular weight is 381 g/mol. The van der Waals surface area contributed by atoms with Gasteiger partial charge in [-0.2, -0.15) is 0 Å². The predicted molar refractivity (Wildman–Crippen MR) is 95.6 cm³/mol. The molecule has 0 saturated carbocycles. The SMILES string of the molecule is Cc1cc(Cl)ccc1O[C@@H](C)C(=O)NNC(=O)[C@@H]1CC=CC[C@@H]1C(=O)O. The molecule has 0 heterocycles. The Balaban J connectivity index is 1.89. The molecule has 7 nitrogen and oxygen atoms in total. The number of benzene rings is 1. The van der Waals surface area contributed by atoms with Gasteiger partial charge in [0.15, 0.2) is 6.10 Å². The summed E-state index contributed by atoms with van der Waals surface area (Å²) in [7, 11) is 0. The molecule has 0 unspecified atom stereocenters. The van der Waals surface area contributed by atoms with Crippen molar-refractivity contribution >= 4 is 29.4 Å². The van der Waals surface area contributed by atoms with Crippen LogP contribution in [0.25, 0.3) is 0 Å². The predicted octanol–water partition coefficient (Wildman–Crippen LogP) is 2.23. The molecule has 0 radical (unpaired) electrons. The quantitative estimate of drug-likeness (QED) is 0.536. The van der Waals surface area contributed by atoms with Crippen LogP contribution >= 0.6 is 11.6 Å². The van der Waals surface area contributed by atoms with Crippen LogP contribution in [0.1, 0.15) is 25.3 Å². The highest BCUT2D eigenvalue weighted by Crippen LogP contribution is 2.26. The fourth-order valence-electron chi connectivity index (χ4n) is 2.68. The van der Waals surface area contributed by atoms with Crippen molar-refractivity contribution in [2.45, 2.75) is 32.8 Å². The number of aliphatic carboxylic acids is 1. The number of hydrazine groups is 1. The number of carbonyl (C=O) groups is 3. The van der Waals surface area contributed by atoms with Gasteiger partial charge in [0.2, 0.25) is 5.91 Å². The first-order valence-electron chi connectivity index (χ1n) is 8.20. The molecule has 140 valence electrons. The second kappa shape index (κ2) is 8.71. The topological polar surface area (TPSA) is 105 Å². The first-order valence-corrected chi connectivity index (χ1v) is 8.57. The molecular formula is C18H21ClN2O5. The summed E-state index contributed by atoms with van der Waals surface area (Å²) < 4.78 is 5.57. The van der Waals surface area contributed by atoms with Gasteiger partial charge in [-0.3, -0.25) is 25.2 Å². The molecule has 0 spiro atoms.